The van der Waals surface area contributed by atoms with Gasteiger partial charge in [-0.25, -0.2) is 0 Å². The van der Waals surface area contributed by atoms with Gasteiger partial charge >= 0.3 is 0 Å². The van der Waals surface area contributed by atoms with Gasteiger partial charge in [0.2, 0.25) is 5.24 Å². The minimum absolute atomic E-state index is 0.226. The first-order valence-electron chi connectivity index (χ1n) is 6.59. The number of rotatable bonds is 11. The summed E-state index contributed by atoms with van der Waals surface area (Å²) in [6.07, 6.45) is 7.87. The first-order chi connectivity index (χ1) is 7.70. The standard InChI is InChI=1S/C13H26ClNO/c1-3-7-12(4-2)8-5-10-15-11-6-9-13(14)16/h12,15H,3-11H2,1-2H3. The Hall–Kier alpha value is -0.0800. The van der Waals surface area contributed by atoms with Crippen LogP contribution in [0.3, 0.4) is 0 Å². The highest BCUT2D eigenvalue weighted by Gasteiger charge is 2.03. The molecule has 3 heteroatoms. The van der Waals surface area contributed by atoms with Gasteiger partial charge in [0.05, 0.1) is 0 Å². The van der Waals surface area contributed by atoms with Crippen LogP contribution in [0.5, 0.6) is 0 Å². The Morgan fingerprint density at radius 2 is 1.88 bits per heavy atom. The van der Waals surface area contributed by atoms with Gasteiger partial charge in [0.1, 0.15) is 0 Å². The molecule has 0 fully saturated rings. The molecule has 0 saturated carbocycles. The Morgan fingerprint density at radius 1 is 1.19 bits per heavy atom. The Morgan fingerprint density at radius 3 is 2.44 bits per heavy atom. The molecule has 0 rings (SSSR count). The lowest BCUT2D eigenvalue weighted by Crippen LogP contribution is -2.18. The van der Waals surface area contributed by atoms with E-state index in [-0.39, 0.29) is 5.24 Å². The highest BCUT2D eigenvalue weighted by molar-refractivity contribution is 6.63. The Bertz CT molecular complexity index is 173. The van der Waals surface area contributed by atoms with E-state index < -0.39 is 0 Å². The predicted molar refractivity (Wildman–Crippen MR) is 70.9 cm³/mol. The van der Waals surface area contributed by atoms with Gasteiger partial charge in [-0.15, -0.1) is 0 Å². The number of hydrogen-bond donors (Lipinski definition) is 1. The minimum atomic E-state index is -0.226. The van der Waals surface area contributed by atoms with Crippen molar-refractivity contribution < 1.29 is 4.79 Å². The van der Waals surface area contributed by atoms with Gasteiger partial charge in [0.15, 0.2) is 0 Å². The Labute approximate surface area is 105 Å². The van der Waals surface area contributed by atoms with E-state index >= 15 is 0 Å². The van der Waals surface area contributed by atoms with E-state index in [1.54, 1.807) is 0 Å². The van der Waals surface area contributed by atoms with Crippen LogP contribution < -0.4 is 5.32 Å². The number of carbonyl (C=O) groups excluding carboxylic acids is 1. The molecule has 0 aromatic rings. The van der Waals surface area contributed by atoms with Crippen LogP contribution in [0, 0.1) is 5.92 Å². The highest BCUT2D eigenvalue weighted by atomic mass is 35.5. The van der Waals surface area contributed by atoms with Crippen LogP contribution in [0.15, 0.2) is 0 Å². The van der Waals surface area contributed by atoms with Gasteiger partial charge in [-0.1, -0.05) is 33.1 Å². The maximum atomic E-state index is 10.5. The predicted octanol–water partition coefficient (Wildman–Crippen LogP) is 3.73. The van der Waals surface area contributed by atoms with E-state index in [0.29, 0.717) is 6.42 Å². The molecular formula is C13H26ClNO. The monoisotopic (exact) mass is 247 g/mol. The van der Waals surface area contributed by atoms with Crippen LogP contribution in [0.2, 0.25) is 0 Å². The molecule has 1 atom stereocenters. The van der Waals surface area contributed by atoms with Crippen molar-refractivity contribution in [3.05, 3.63) is 0 Å². The summed E-state index contributed by atoms with van der Waals surface area (Å²) in [5, 5.41) is 3.13. The second-order valence-corrected chi connectivity index (χ2v) is 4.84. The molecule has 0 aliphatic heterocycles. The first-order valence-corrected chi connectivity index (χ1v) is 6.97. The molecule has 0 amide bonds. The maximum absolute atomic E-state index is 10.5. The summed E-state index contributed by atoms with van der Waals surface area (Å²) >= 11 is 5.25. The maximum Gasteiger partial charge on any atom is 0.221 e. The first kappa shape index (κ1) is 15.9. The summed E-state index contributed by atoms with van der Waals surface area (Å²) in [6, 6.07) is 0. The van der Waals surface area contributed by atoms with Crippen molar-refractivity contribution in [2.24, 2.45) is 5.92 Å². The summed E-state index contributed by atoms with van der Waals surface area (Å²) in [5.74, 6) is 0.899. The molecule has 1 N–H and O–H groups in total. The molecule has 96 valence electrons. The molecule has 0 aliphatic rings. The smallest absolute Gasteiger partial charge is 0.221 e. The van der Waals surface area contributed by atoms with E-state index in [9.17, 15) is 4.79 Å². The second kappa shape index (κ2) is 11.4. The summed E-state index contributed by atoms with van der Waals surface area (Å²) in [4.78, 5) is 10.5. The molecule has 1 unspecified atom stereocenters. The van der Waals surface area contributed by atoms with Crippen LogP contribution in [-0.4, -0.2) is 18.3 Å². The van der Waals surface area contributed by atoms with Crippen molar-refractivity contribution in [3.63, 3.8) is 0 Å². The number of nitrogens with one attached hydrogen (secondary N) is 1. The molecule has 0 heterocycles. The third-order valence-corrected chi connectivity index (χ3v) is 3.16. The Kier molecular flexibility index (Phi) is 11.3. The summed E-state index contributed by atoms with van der Waals surface area (Å²) in [5.41, 5.74) is 0. The highest BCUT2D eigenvalue weighted by Crippen LogP contribution is 2.16. The van der Waals surface area contributed by atoms with Crippen LogP contribution in [0.25, 0.3) is 0 Å². The van der Waals surface area contributed by atoms with Crippen molar-refractivity contribution >= 4 is 16.8 Å². The SMILES string of the molecule is CCCC(CC)CCCNCCCC(=O)Cl. The van der Waals surface area contributed by atoms with Crippen LogP contribution in [-0.2, 0) is 4.79 Å². The Balaban J connectivity index is 3.22. The van der Waals surface area contributed by atoms with Gasteiger partial charge in [-0.2, -0.15) is 0 Å². The van der Waals surface area contributed by atoms with E-state index in [1.807, 2.05) is 0 Å². The van der Waals surface area contributed by atoms with Crippen molar-refractivity contribution in [2.45, 2.75) is 58.8 Å². The zero-order valence-electron chi connectivity index (χ0n) is 10.7. The van der Waals surface area contributed by atoms with Crippen molar-refractivity contribution in [3.8, 4) is 0 Å². The van der Waals surface area contributed by atoms with Gasteiger partial charge < -0.3 is 5.32 Å². The normalized spacial score (nSPS) is 12.7. The zero-order chi connectivity index (χ0) is 12.2. The van der Waals surface area contributed by atoms with Crippen LogP contribution in [0.1, 0.15) is 58.8 Å². The summed E-state index contributed by atoms with van der Waals surface area (Å²) in [6.45, 7) is 6.50. The number of hydrogen-bond acceptors (Lipinski definition) is 2. The van der Waals surface area contributed by atoms with E-state index in [0.717, 1.165) is 25.4 Å². The third-order valence-electron chi connectivity index (χ3n) is 2.97. The number of halogens is 1. The van der Waals surface area contributed by atoms with Crippen molar-refractivity contribution in [1.82, 2.24) is 5.32 Å². The quantitative estimate of drug-likeness (QED) is 0.445. The lowest BCUT2D eigenvalue weighted by Gasteiger charge is -2.13. The average Bonchev–Trinajstić information content (AvgIpc) is 2.26. The topological polar surface area (TPSA) is 29.1 Å². The largest absolute Gasteiger partial charge is 0.317 e. The van der Waals surface area contributed by atoms with Gasteiger partial charge in [0.25, 0.3) is 0 Å². The molecule has 16 heavy (non-hydrogen) atoms. The minimum Gasteiger partial charge on any atom is -0.317 e. The van der Waals surface area contributed by atoms with E-state index in [2.05, 4.69) is 19.2 Å². The second-order valence-electron chi connectivity index (χ2n) is 4.41. The molecule has 0 spiro atoms. The fraction of sp³-hybridized carbons (Fsp3) is 0.923. The van der Waals surface area contributed by atoms with Crippen molar-refractivity contribution in [2.75, 3.05) is 13.1 Å². The zero-order valence-corrected chi connectivity index (χ0v) is 11.5. The van der Waals surface area contributed by atoms with E-state index in [1.165, 1.54) is 32.1 Å². The average molecular weight is 248 g/mol. The van der Waals surface area contributed by atoms with Gasteiger partial charge in [0, 0.05) is 6.42 Å². The lowest BCUT2D eigenvalue weighted by atomic mass is 9.95. The summed E-state index contributed by atoms with van der Waals surface area (Å²) < 4.78 is 0. The lowest BCUT2D eigenvalue weighted by molar-refractivity contribution is -0.111. The fourth-order valence-electron chi connectivity index (χ4n) is 1.95. The number of carbonyl (C=O) groups is 1. The molecule has 0 saturated heterocycles. The molecule has 0 aromatic heterocycles. The van der Waals surface area contributed by atoms with Crippen LogP contribution in [0.4, 0.5) is 0 Å². The van der Waals surface area contributed by atoms with Crippen LogP contribution >= 0.6 is 11.6 Å². The van der Waals surface area contributed by atoms with Gasteiger partial charge in [-0.05, 0) is 49.9 Å². The molecule has 0 aromatic carbocycles. The molecular weight excluding hydrogens is 222 g/mol. The summed E-state index contributed by atoms with van der Waals surface area (Å²) in [7, 11) is 0. The third kappa shape index (κ3) is 10.4. The van der Waals surface area contributed by atoms with E-state index in [4.69, 9.17) is 11.6 Å². The molecule has 0 radical (unpaired) electrons. The molecule has 0 bridgehead atoms. The fourth-order valence-corrected chi connectivity index (χ4v) is 2.09. The van der Waals surface area contributed by atoms with Crippen molar-refractivity contribution in [1.29, 1.82) is 0 Å². The van der Waals surface area contributed by atoms with Gasteiger partial charge in [-0.3, -0.25) is 4.79 Å². The molecule has 2 nitrogen and oxygen atoms in total. The molecule has 0 aliphatic carbocycles.